The molecule has 2 N–H and O–H groups in total. The lowest BCUT2D eigenvalue weighted by atomic mass is 10.0. The topological polar surface area (TPSA) is 54.0 Å². The zero-order valence-corrected chi connectivity index (χ0v) is 13.2. The Morgan fingerprint density at radius 1 is 1.24 bits per heavy atom. The summed E-state index contributed by atoms with van der Waals surface area (Å²) >= 11 is 0. The third-order valence-electron chi connectivity index (χ3n) is 3.50. The Labute approximate surface area is 136 Å². The van der Waals surface area contributed by atoms with Gasteiger partial charge in [0.05, 0.1) is 11.6 Å². The third-order valence-corrected chi connectivity index (χ3v) is 3.50. The van der Waals surface area contributed by atoms with Crippen LogP contribution in [0.15, 0.2) is 36.5 Å². The van der Waals surface area contributed by atoms with Crippen molar-refractivity contribution in [1.82, 2.24) is 10.3 Å². The smallest absolute Gasteiger partial charge is 0.241 e. The van der Waals surface area contributed by atoms with Gasteiger partial charge in [-0.1, -0.05) is 12.5 Å². The predicted molar refractivity (Wildman–Crippen MR) is 90.5 cm³/mol. The van der Waals surface area contributed by atoms with Crippen LogP contribution in [0.1, 0.15) is 19.3 Å². The van der Waals surface area contributed by atoms with Crippen molar-refractivity contribution < 1.29 is 4.79 Å². The number of pyridine rings is 1. The van der Waals surface area contributed by atoms with E-state index in [1.165, 1.54) is 0 Å². The van der Waals surface area contributed by atoms with E-state index in [1.807, 2.05) is 30.3 Å². The standard InChI is InChI=1S/C15H17N3O.2ClH/c19-15(14-5-1-2-8-17-14)18-12-6-7-13-11(10-12)4-3-9-16-13;;/h3-4,6-7,9-10,14,17H,1-2,5,8H2,(H,18,19);2*1H/t14-;;/m0../s1. The summed E-state index contributed by atoms with van der Waals surface area (Å²) in [5, 5.41) is 7.27. The quantitative estimate of drug-likeness (QED) is 0.890. The first-order chi connectivity index (χ1) is 9.33. The number of piperidine rings is 1. The fourth-order valence-electron chi connectivity index (χ4n) is 2.46. The summed E-state index contributed by atoms with van der Waals surface area (Å²) in [6.45, 7) is 0.930. The van der Waals surface area contributed by atoms with E-state index in [0.717, 1.165) is 42.4 Å². The van der Waals surface area contributed by atoms with E-state index in [2.05, 4.69) is 15.6 Å². The van der Waals surface area contributed by atoms with Crippen LogP contribution in [0.2, 0.25) is 0 Å². The fraction of sp³-hybridized carbons (Fsp3) is 0.333. The van der Waals surface area contributed by atoms with Gasteiger partial charge >= 0.3 is 0 Å². The van der Waals surface area contributed by atoms with E-state index >= 15 is 0 Å². The Bertz CT molecular complexity index is 600. The molecule has 0 aliphatic carbocycles. The molecule has 1 saturated heterocycles. The Kier molecular flexibility index (Phi) is 6.89. The van der Waals surface area contributed by atoms with Crippen molar-refractivity contribution in [1.29, 1.82) is 0 Å². The van der Waals surface area contributed by atoms with E-state index in [-0.39, 0.29) is 36.8 Å². The van der Waals surface area contributed by atoms with Gasteiger partial charge in [0.15, 0.2) is 0 Å². The van der Waals surface area contributed by atoms with Crippen LogP contribution in [0.25, 0.3) is 10.9 Å². The number of anilines is 1. The molecule has 114 valence electrons. The Morgan fingerprint density at radius 2 is 2.10 bits per heavy atom. The van der Waals surface area contributed by atoms with Crippen molar-refractivity contribution in [2.75, 3.05) is 11.9 Å². The average Bonchev–Trinajstić information content (AvgIpc) is 2.48. The van der Waals surface area contributed by atoms with E-state index in [0.29, 0.717) is 0 Å². The second kappa shape index (κ2) is 8.17. The Morgan fingerprint density at radius 3 is 2.86 bits per heavy atom. The number of aromatic nitrogens is 1. The van der Waals surface area contributed by atoms with Crippen molar-refractivity contribution in [2.24, 2.45) is 0 Å². The van der Waals surface area contributed by atoms with Crippen molar-refractivity contribution >= 4 is 47.3 Å². The number of nitrogens with zero attached hydrogens (tertiary/aromatic N) is 1. The van der Waals surface area contributed by atoms with E-state index in [1.54, 1.807) is 6.20 Å². The summed E-state index contributed by atoms with van der Waals surface area (Å²) in [6.07, 6.45) is 4.96. The van der Waals surface area contributed by atoms with Gasteiger partial charge in [0.1, 0.15) is 0 Å². The summed E-state index contributed by atoms with van der Waals surface area (Å²) in [4.78, 5) is 16.4. The highest BCUT2D eigenvalue weighted by Gasteiger charge is 2.20. The molecule has 21 heavy (non-hydrogen) atoms. The van der Waals surface area contributed by atoms with Gasteiger partial charge in [0.25, 0.3) is 0 Å². The number of rotatable bonds is 2. The highest BCUT2D eigenvalue weighted by atomic mass is 35.5. The lowest BCUT2D eigenvalue weighted by molar-refractivity contribution is -0.118. The molecule has 1 amide bonds. The van der Waals surface area contributed by atoms with Crippen molar-refractivity contribution in [3.8, 4) is 0 Å². The largest absolute Gasteiger partial charge is 0.325 e. The minimum Gasteiger partial charge on any atom is -0.325 e. The average molecular weight is 328 g/mol. The molecule has 1 aromatic heterocycles. The van der Waals surface area contributed by atoms with Gasteiger partial charge in [0.2, 0.25) is 5.91 Å². The maximum atomic E-state index is 12.1. The van der Waals surface area contributed by atoms with Gasteiger partial charge in [-0.3, -0.25) is 9.78 Å². The molecule has 0 bridgehead atoms. The fourth-order valence-corrected chi connectivity index (χ4v) is 2.46. The van der Waals surface area contributed by atoms with Crippen LogP contribution in [-0.2, 0) is 4.79 Å². The molecule has 0 radical (unpaired) electrons. The molecule has 0 spiro atoms. The van der Waals surface area contributed by atoms with Crippen molar-refractivity contribution in [3.63, 3.8) is 0 Å². The lowest BCUT2D eigenvalue weighted by Crippen LogP contribution is -2.43. The highest BCUT2D eigenvalue weighted by molar-refractivity contribution is 5.96. The maximum Gasteiger partial charge on any atom is 0.241 e. The molecule has 1 fully saturated rings. The number of halogens is 2. The van der Waals surface area contributed by atoms with E-state index < -0.39 is 0 Å². The molecule has 0 unspecified atom stereocenters. The second-order valence-corrected chi connectivity index (χ2v) is 4.90. The molecular weight excluding hydrogens is 309 g/mol. The molecule has 1 aliphatic heterocycles. The molecule has 1 aromatic carbocycles. The van der Waals surface area contributed by atoms with Gasteiger partial charge in [0, 0.05) is 17.3 Å². The SMILES string of the molecule is Cl.Cl.O=C(Nc1ccc2ncccc2c1)[C@@H]1CCCCN1. The molecule has 3 rings (SSSR count). The molecular formula is C15H19Cl2N3O. The van der Waals surface area contributed by atoms with Gasteiger partial charge in [-0.25, -0.2) is 0 Å². The normalized spacial score (nSPS) is 17.4. The number of carbonyl (C=O) groups excluding carboxylic acids is 1. The summed E-state index contributed by atoms with van der Waals surface area (Å²) in [5.41, 5.74) is 1.77. The number of hydrogen-bond donors (Lipinski definition) is 2. The molecule has 0 saturated carbocycles. The van der Waals surface area contributed by atoms with Gasteiger partial charge in [-0.05, 0) is 43.7 Å². The summed E-state index contributed by atoms with van der Waals surface area (Å²) in [6, 6.07) is 9.63. The lowest BCUT2D eigenvalue weighted by Gasteiger charge is -2.22. The second-order valence-electron chi connectivity index (χ2n) is 4.90. The summed E-state index contributed by atoms with van der Waals surface area (Å²) in [5.74, 6) is 0.0583. The molecule has 1 atom stereocenters. The summed E-state index contributed by atoms with van der Waals surface area (Å²) < 4.78 is 0. The minimum atomic E-state index is -0.0571. The molecule has 2 aromatic rings. The summed E-state index contributed by atoms with van der Waals surface area (Å²) in [7, 11) is 0. The van der Waals surface area contributed by atoms with Crippen LogP contribution < -0.4 is 10.6 Å². The Balaban J connectivity index is 0.00000110. The maximum absolute atomic E-state index is 12.1. The molecule has 6 heteroatoms. The zero-order chi connectivity index (χ0) is 13.1. The monoisotopic (exact) mass is 327 g/mol. The molecule has 1 aliphatic rings. The number of amides is 1. The number of fused-ring (bicyclic) bond motifs is 1. The molecule has 4 nitrogen and oxygen atoms in total. The predicted octanol–water partition coefficient (Wildman–Crippen LogP) is 3.16. The van der Waals surface area contributed by atoms with Gasteiger partial charge in [-0.15, -0.1) is 24.8 Å². The zero-order valence-electron chi connectivity index (χ0n) is 11.5. The number of carbonyl (C=O) groups is 1. The minimum absolute atomic E-state index is 0. The van der Waals surface area contributed by atoms with Crippen LogP contribution in [0.4, 0.5) is 5.69 Å². The Hall–Kier alpha value is -1.36. The van der Waals surface area contributed by atoms with E-state index in [4.69, 9.17) is 0 Å². The van der Waals surface area contributed by atoms with Gasteiger partial charge in [-0.2, -0.15) is 0 Å². The van der Waals surface area contributed by atoms with Crippen molar-refractivity contribution in [2.45, 2.75) is 25.3 Å². The van der Waals surface area contributed by atoms with Crippen LogP contribution in [-0.4, -0.2) is 23.5 Å². The van der Waals surface area contributed by atoms with Crippen LogP contribution in [0.5, 0.6) is 0 Å². The van der Waals surface area contributed by atoms with Crippen LogP contribution in [0, 0.1) is 0 Å². The van der Waals surface area contributed by atoms with Crippen molar-refractivity contribution in [3.05, 3.63) is 36.5 Å². The first kappa shape index (κ1) is 17.7. The van der Waals surface area contributed by atoms with Crippen LogP contribution in [0.3, 0.4) is 0 Å². The van der Waals surface area contributed by atoms with Crippen LogP contribution >= 0.6 is 24.8 Å². The number of hydrogen-bond acceptors (Lipinski definition) is 3. The first-order valence-electron chi connectivity index (χ1n) is 6.72. The number of nitrogens with one attached hydrogen (secondary N) is 2. The third kappa shape index (κ3) is 4.30. The number of benzene rings is 1. The highest BCUT2D eigenvalue weighted by Crippen LogP contribution is 2.18. The molecule has 2 heterocycles. The van der Waals surface area contributed by atoms with Gasteiger partial charge < -0.3 is 10.6 Å². The first-order valence-corrected chi connectivity index (χ1v) is 6.72. The van der Waals surface area contributed by atoms with E-state index in [9.17, 15) is 4.79 Å².